The lowest BCUT2D eigenvalue weighted by atomic mass is 9.96. The van der Waals surface area contributed by atoms with E-state index < -0.39 is 6.10 Å². The van der Waals surface area contributed by atoms with Crippen molar-refractivity contribution in [2.24, 2.45) is 5.92 Å². The fourth-order valence-electron chi connectivity index (χ4n) is 4.56. The van der Waals surface area contributed by atoms with Gasteiger partial charge in [0.05, 0.1) is 5.52 Å². The SMILES string of the molecule is CCn1c(=O)n(CC2CCN(C(=O)C3COc4ccccc4O3)CC2)c2ncccc21. The first-order chi connectivity index (χ1) is 15.2. The fourth-order valence-corrected chi connectivity index (χ4v) is 4.56. The van der Waals surface area contributed by atoms with Gasteiger partial charge in [0.15, 0.2) is 17.1 Å². The summed E-state index contributed by atoms with van der Waals surface area (Å²) in [4.78, 5) is 32.1. The van der Waals surface area contributed by atoms with Crippen LogP contribution in [0, 0.1) is 5.92 Å². The lowest BCUT2D eigenvalue weighted by Crippen LogP contribution is -2.49. The molecular weight excluding hydrogens is 396 g/mol. The van der Waals surface area contributed by atoms with Crippen LogP contribution in [-0.4, -0.2) is 50.7 Å². The third kappa shape index (κ3) is 3.56. The molecule has 2 aromatic heterocycles. The third-order valence-electron chi connectivity index (χ3n) is 6.24. The molecule has 2 aliphatic heterocycles. The van der Waals surface area contributed by atoms with Crippen LogP contribution in [0.5, 0.6) is 11.5 Å². The molecule has 1 unspecified atom stereocenters. The summed E-state index contributed by atoms with van der Waals surface area (Å²) in [6.07, 6.45) is 2.80. The molecule has 4 heterocycles. The summed E-state index contributed by atoms with van der Waals surface area (Å²) in [6, 6.07) is 11.2. The van der Waals surface area contributed by atoms with Crippen molar-refractivity contribution in [2.45, 2.75) is 39.0 Å². The first-order valence-electron chi connectivity index (χ1n) is 10.9. The minimum atomic E-state index is -0.610. The van der Waals surface area contributed by atoms with E-state index in [2.05, 4.69) is 4.98 Å². The van der Waals surface area contributed by atoms with Gasteiger partial charge in [-0.1, -0.05) is 12.1 Å². The zero-order chi connectivity index (χ0) is 21.4. The summed E-state index contributed by atoms with van der Waals surface area (Å²) < 4.78 is 15.1. The number of amides is 1. The smallest absolute Gasteiger partial charge is 0.330 e. The molecule has 1 aromatic carbocycles. The number of aromatic nitrogens is 3. The molecule has 0 saturated carbocycles. The third-order valence-corrected chi connectivity index (χ3v) is 6.24. The van der Waals surface area contributed by atoms with Crippen LogP contribution in [0.25, 0.3) is 11.2 Å². The average molecular weight is 422 g/mol. The largest absolute Gasteiger partial charge is 0.485 e. The first kappa shape index (κ1) is 19.7. The molecule has 0 aliphatic carbocycles. The van der Waals surface area contributed by atoms with Crippen LogP contribution in [0.2, 0.25) is 0 Å². The van der Waals surface area contributed by atoms with Crippen LogP contribution in [-0.2, 0) is 17.9 Å². The van der Waals surface area contributed by atoms with E-state index in [1.54, 1.807) is 15.3 Å². The molecule has 1 saturated heterocycles. The van der Waals surface area contributed by atoms with Gasteiger partial charge in [-0.25, -0.2) is 9.78 Å². The van der Waals surface area contributed by atoms with Gasteiger partial charge in [-0.2, -0.15) is 0 Å². The highest BCUT2D eigenvalue weighted by Crippen LogP contribution is 2.31. The molecule has 31 heavy (non-hydrogen) atoms. The molecule has 5 rings (SSSR count). The number of fused-ring (bicyclic) bond motifs is 2. The Morgan fingerprint density at radius 1 is 1.10 bits per heavy atom. The molecular formula is C23H26N4O4. The molecule has 162 valence electrons. The topological polar surface area (TPSA) is 78.6 Å². The molecule has 0 radical (unpaired) electrons. The van der Waals surface area contributed by atoms with E-state index in [0.717, 1.165) is 24.0 Å². The van der Waals surface area contributed by atoms with Crippen molar-refractivity contribution in [3.05, 3.63) is 53.1 Å². The van der Waals surface area contributed by atoms with E-state index in [9.17, 15) is 9.59 Å². The highest BCUT2D eigenvalue weighted by molar-refractivity contribution is 5.82. The summed E-state index contributed by atoms with van der Waals surface area (Å²) in [6.45, 7) is 4.75. The molecule has 0 N–H and O–H groups in total. The number of carbonyl (C=O) groups excluding carboxylic acids is 1. The second-order valence-electron chi connectivity index (χ2n) is 8.12. The summed E-state index contributed by atoms with van der Waals surface area (Å²) in [5.41, 5.74) is 1.60. The van der Waals surface area contributed by atoms with Crippen LogP contribution in [0.3, 0.4) is 0 Å². The second-order valence-corrected chi connectivity index (χ2v) is 8.12. The Balaban J connectivity index is 1.24. The van der Waals surface area contributed by atoms with Gasteiger partial charge in [-0.3, -0.25) is 13.9 Å². The molecule has 0 spiro atoms. The number of rotatable bonds is 4. The number of pyridine rings is 1. The standard InChI is InChI=1S/C23H26N4O4/c1-2-26-17-6-5-11-24-21(17)27(23(26)29)14-16-9-12-25(13-10-16)22(28)20-15-30-18-7-3-4-8-19(18)31-20/h3-8,11,16,20H,2,9-10,12-15H2,1H3. The Morgan fingerprint density at radius 3 is 2.65 bits per heavy atom. The summed E-state index contributed by atoms with van der Waals surface area (Å²) in [5, 5.41) is 0. The van der Waals surface area contributed by atoms with E-state index in [0.29, 0.717) is 43.6 Å². The molecule has 1 atom stereocenters. The van der Waals surface area contributed by atoms with Crippen molar-refractivity contribution in [3.8, 4) is 11.5 Å². The van der Waals surface area contributed by atoms with Gasteiger partial charge < -0.3 is 14.4 Å². The van der Waals surface area contributed by atoms with Gasteiger partial charge in [0.1, 0.15) is 6.61 Å². The van der Waals surface area contributed by atoms with Gasteiger partial charge in [0.25, 0.3) is 5.91 Å². The Morgan fingerprint density at radius 2 is 1.87 bits per heavy atom. The van der Waals surface area contributed by atoms with E-state index in [4.69, 9.17) is 9.47 Å². The maximum atomic E-state index is 13.0. The number of imidazole rings is 1. The van der Waals surface area contributed by atoms with Crippen molar-refractivity contribution in [2.75, 3.05) is 19.7 Å². The van der Waals surface area contributed by atoms with Crippen molar-refractivity contribution >= 4 is 17.1 Å². The Bertz CT molecular complexity index is 1160. The summed E-state index contributed by atoms with van der Waals surface area (Å²) in [5.74, 6) is 1.58. The maximum absolute atomic E-state index is 13.0. The molecule has 1 amide bonds. The van der Waals surface area contributed by atoms with Gasteiger partial charge in [0, 0.05) is 32.4 Å². The van der Waals surface area contributed by atoms with Crippen molar-refractivity contribution in [3.63, 3.8) is 0 Å². The molecule has 8 heteroatoms. The van der Waals surface area contributed by atoms with Crippen molar-refractivity contribution < 1.29 is 14.3 Å². The number of nitrogens with zero attached hydrogens (tertiary/aromatic N) is 4. The fraction of sp³-hybridized carbons (Fsp3) is 0.435. The van der Waals surface area contributed by atoms with E-state index in [1.165, 1.54) is 0 Å². The van der Waals surface area contributed by atoms with Crippen LogP contribution < -0.4 is 15.2 Å². The first-order valence-corrected chi connectivity index (χ1v) is 10.9. The van der Waals surface area contributed by atoms with Gasteiger partial charge in [-0.15, -0.1) is 0 Å². The Kier molecular flexibility index (Phi) is 5.13. The van der Waals surface area contributed by atoms with Gasteiger partial charge in [0.2, 0.25) is 6.10 Å². The molecule has 3 aromatic rings. The minimum absolute atomic E-state index is 0.0128. The number of para-hydroxylation sites is 2. The predicted octanol–water partition coefficient (Wildman–Crippen LogP) is 2.30. The van der Waals surface area contributed by atoms with Gasteiger partial charge >= 0.3 is 5.69 Å². The molecule has 1 fully saturated rings. The highest BCUT2D eigenvalue weighted by atomic mass is 16.6. The number of ether oxygens (including phenoxy) is 2. The molecule has 2 aliphatic rings. The normalized spacial score (nSPS) is 19.0. The van der Waals surface area contributed by atoms with Crippen molar-refractivity contribution in [1.82, 2.24) is 19.0 Å². The van der Waals surface area contributed by atoms with Crippen LogP contribution in [0.15, 0.2) is 47.4 Å². The van der Waals surface area contributed by atoms with E-state index in [-0.39, 0.29) is 18.2 Å². The zero-order valence-corrected chi connectivity index (χ0v) is 17.6. The monoisotopic (exact) mass is 422 g/mol. The van der Waals surface area contributed by atoms with Gasteiger partial charge in [-0.05, 0) is 49.9 Å². The summed E-state index contributed by atoms with van der Waals surface area (Å²) in [7, 11) is 0. The number of aryl methyl sites for hydroxylation is 1. The van der Waals surface area contributed by atoms with Crippen molar-refractivity contribution in [1.29, 1.82) is 0 Å². The molecule has 8 nitrogen and oxygen atoms in total. The number of carbonyl (C=O) groups is 1. The van der Waals surface area contributed by atoms with E-state index >= 15 is 0 Å². The highest BCUT2D eigenvalue weighted by Gasteiger charge is 2.33. The number of likely N-dealkylation sites (tertiary alicyclic amines) is 1. The number of benzene rings is 1. The minimum Gasteiger partial charge on any atom is -0.485 e. The van der Waals surface area contributed by atoms with Crippen LogP contribution in [0.1, 0.15) is 19.8 Å². The number of hydrogen-bond donors (Lipinski definition) is 0. The maximum Gasteiger partial charge on any atom is 0.330 e. The van der Waals surface area contributed by atoms with Crippen LogP contribution in [0.4, 0.5) is 0 Å². The van der Waals surface area contributed by atoms with E-state index in [1.807, 2.05) is 48.2 Å². The average Bonchev–Trinajstić information content (AvgIpc) is 3.09. The lowest BCUT2D eigenvalue weighted by Gasteiger charge is -2.35. The Labute approximate surface area is 180 Å². The zero-order valence-electron chi connectivity index (χ0n) is 17.6. The second kappa shape index (κ2) is 8.09. The summed E-state index contributed by atoms with van der Waals surface area (Å²) >= 11 is 0. The predicted molar refractivity (Wildman–Crippen MR) is 115 cm³/mol. The Hall–Kier alpha value is -3.29. The lowest BCUT2D eigenvalue weighted by molar-refractivity contribution is -0.142. The number of piperidine rings is 1. The van der Waals surface area contributed by atoms with Crippen LogP contribution >= 0.6 is 0 Å². The number of hydrogen-bond acceptors (Lipinski definition) is 5. The quantitative estimate of drug-likeness (QED) is 0.645. The molecule has 0 bridgehead atoms.